The molecule has 2 aromatic rings. The van der Waals surface area contributed by atoms with Gasteiger partial charge in [-0.2, -0.15) is 5.26 Å². The quantitative estimate of drug-likeness (QED) is 0.664. The van der Waals surface area contributed by atoms with Crippen LogP contribution in [0.4, 0.5) is 4.39 Å². The Labute approximate surface area is 210 Å². The lowest BCUT2D eigenvalue weighted by Crippen LogP contribution is -2.59. The molecule has 1 saturated carbocycles. The molecule has 2 fully saturated rings. The number of rotatable bonds is 5. The van der Waals surface area contributed by atoms with Gasteiger partial charge in [-0.15, -0.1) is 0 Å². The topological polar surface area (TPSA) is 115 Å². The fourth-order valence-corrected chi connectivity index (χ4v) is 5.65. The number of benzene rings is 1. The van der Waals surface area contributed by atoms with E-state index in [1.165, 1.54) is 25.4 Å². The predicted octanol–water partition coefficient (Wildman–Crippen LogP) is 3.09. The smallest absolute Gasteiger partial charge is 0.246 e. The minimum absolute atomic E-state index is 0.0678. The number of fused-ring (bicyclic) bond motifs is 2. The van der Waals surface area contributed by atoms with Gasteiger partial charge in [0.2, 0.25) is 17.7 Å². The second kappa shape index (κ2) is 8.84. The molecule has 1 aliphatic carbocycles. The maximum absolute atomic E-state index is 14.3. The average molecular weight is 494 g/mol. The SMILES string of the molecule is CC(=O)N[C@H](C(=O)N1C[C@H]2[C@@H]([C@H]1C(=O)NC(C#N)c1cncc3c(F)cccc13)C2(C)C)C(C)(C)C. The van der Waals surface area contributed by atoms with E-state index in [0.717, 1.165) is 0 Å². The molecule has 8 nitrogen and oxygen atoms in total. The molecule has 5 atom stereocenters. The highest BCUT2D eigenvalue weighted by atomic mass is 19.1. The average Bonchev–Trinajstić information content (AvgIpc) is 3.13. The summed E-state index contributed by atoms with van der Waals surface area (Å²) in [4.78, 5) is 44.8. The minimum atomic E-state index is -1.08. The van der Waals surface area contributed by atoms with Crippen LogP contribution in [0.3, 0.4) is 0 Å². The zero-order valence-electron chi connectivity index (χ0n) is 21.4. The molecule has 4 rings (SSSR count). The van der Waals surface area contributed by atoms with Crippen molar-refractivity contribution in [2.45, 2.75) is 59.7 Å². The van der Waals surface area contributed by atoms with Crippen molar-refractivity contribution in [1.82, 2.24) is 20.5 Å². The van der Waals surface area contributed by atoms with E-state index in [-0.39, 0.29) is 34.5 Å². The zero-order valence-corrected chi connectivity index (χ0v) is 21.4. The van der Waals surface area contributed by atoms with Crippen LogP contribution in [0.25, 0.3) is 10.8 Å². The Balaban J connectivity index is 1.65. The maximum Gasteiger partial charge on any atom is 0.246 e. The molecule has 190 valence electrons. The van der Waals surface area contributed by atoms with Gasteiger partial charge in [0.05, 0.1) is 6.07 Å². The highest BCUT2D eigenvalue weighted by Crippen LogP contribution is 2.65. The number of hydrogen-bond donors (Lipinski definition) is 2. The van der Waals surface area contributed by atoms with E-state index < -0.39 is 35.3 Å². The molecule has 0 radical (unpaired) electrons. The van der Waals surface area contributed by atoms with Crippen LogP contribution < -0.4 is 10.6 Å². The predicted molar refractivity (Wildman–Crippen MR) is 132 cm³/mol. The summed E-state index contributed by atoms with van der Waals surface area (Å²) >= 11 is 0. The monoisotopic (exact) mass is 493 g/mol. The minimum Gasteiger partial charge on any atom is -0.344 e. The van der Waals surface area contributed by atoms with E-state index in [2.05, 4.69) is 35.5 Å². The van der Waals surface area contributed by atoms with E-state index in [4.69, 9.17) is 0 Å². The van der Waals surface area contributed by atoms with Gasteiger partial charge in [0.25, 0.3) is 0 Å². The number of pyridine rings is 1. The number of aromatic nitrogens is 1. The maximum atomic E-state index is 14.3. The number of hydrogen-bond acceptors (Lipinski definition) is 5. The van der Waals surface area contributed by atoms with Crippen molar-refractivity contribution in [2.75, 3.05) is 6.54 Å². The molecule has 0 bridgehead atoms. The normalized spacial score (nSPS) is 23.8. The molecule has 3 amide bonds. The fraction of sp³-hybridized carbons (Fsp3) is 0.519. The molecule has 2 aliphatic rings. The van der Waals surface area contributed by atoms with Gasteiger partial charge < -0.3 is 15.5 Å². The first-order valence-electron chi connectivity index (χ1n) is 12.1. The summed E-state index contributed by atoms with van der Waals surface area (Å²) in [5.41, 5.74) is -0.313. The van der Waals surface area contributed by atoms with Crippen molar-refractivity contribution in [1.29, 1.82) is 5.26 Å². The number of likely N-dealkylation sites (tertiary alicyclic amines) is 1. The van der Waals surface area contributed by atoms with Crippen molar-refractivity contribution in [3.05, 3.63) is 42.0 Å². The Morgan fingerprint density at radius 1 is 1.19 bits per heavy atom. The van der Waals surface area contributed by atoms with E-state index in [1.54, 1.807) is 17.0 Å². The van der Waals surface area contributed by atoms with Gasteiger partial charge in [0.15, 0.2) is 0 Å². The summed E-state index contributed by atoms with van der Waals surface area (Å²) in [5.74, 6) is -1.48. The first-order valence-corrected chi connectivity index (χ1v) is 12.1. The standard InChI is InChI=1S/C27H32FN5O3/c1-14(34)31-23(26(2,3)4)25(36)33-13-18-21(27(18,5)6)22(33)24(35)32-20(10-29)17-12-30-11-16-15(17)8-7-9-19(16)28/h7-9,11-12,18,20-23H,13H2,1-6H3,(H,31,34)(H,32,35)/t18-,20?,21-,22-,23+/m0/s1. The van der Waals surface area contributed by atoms with E-state index in [0.29, 0.717) is 17.5 Å². The summed E-state index contributed by atoms with van der Waals surface area (Å²) in [6.45, 7) is 11.5. The molecule has 36 heavy (non-hydrogen) atoms. The van der Waals surface area contributed by atoms with Crippen LogP contribution in [-0.4, -0.2) is 46.2 Å². The van der Waals surface area contributed by atoms with Crippen molar-refractivity contribution < 1.29 is 18.8 Å². The number of amides is 3. The zero-order chi connectivity index (χ0) is 26.6. The van der Waals surface area contributed by atoms with Gasteiger partial charge in [-0.05, 0) is 34.1 Å². The Morgan fingerprint density at radius 2 is 1.89 bits per heavy atom. The van der Waals surface area contributed by atoms with Gasteiger partial charge in [-0.1, -0.05) is 46.8 Å². The molecule has 1 unspecified atom stereocenters. The number of nitrogens with zero attached hydrogens (tertiary/aromatic N) is 3. The summed E-state index contributed by atoms with van der Waals surface area (Å²) in [6, 6.07) is 3.96. The van der Waals surface area contributed by atoms with Crippen LogP contribution in [0.2, 0.25) is 0 Å². The summed E-state index contributed by atoms with van der Waals surface area (Å²) in [6.07, 6.45) is 2.83. The van der Waals surface area contributed by atoms with Crippen LogP contribution in [0.15, 0.2) is 30.6 Å². The summed E-state index contributed by atoms with van der Waals surface area (Å²) in [5, 5.41) is 16.2. The summed E-state index contributed by atoms with van der Waals surface area (Å²) in [7, 11) is 0. The Morgan fingerprint density at radius 3 is 2.50 bits per heavy atom. The van der Waals surface area contributed by atoms with E-state index in [9.17, 15) is 24.0 Å². The number of nitrogens with one attached hydrogen (secondary N) is 2. The van der Waals surface area contributed by atoms with Crippen LogP contribution in [0.5, 0.6) is 0 Å². The van der Waals surface area contributed by atoms with Gasteiger partial charge in [-0.3, -0.25) is 19.4 Å². The third kappa shape index (κ3) is 4.29. The lowest BCUT2D eigenvalue weighted by molar-refractivity contribution is -0.145. The second-order valence-corrected chi connectivity index (χ2v) is 11.5. The third-order valence-electron chi connectivity index (χ3n) is 7.73. The molecular weight excluding hydrogens is 461 g/mol. The first kappa shape index (κ1) is 25.5. The molecule has 1 aromatic carbocycles. The summed E-state index contributed by atoms with van der Waals surface area (Å²) < 4.78 is 14.3. The van der Waals surface area contributed by atoms with Crippen molar-refractivity contribution in [3.8, 4) is 6.07 Å². The van der Waals surface area contributed by atoms with Gasteiger partial charge >= 0.3 is 0 Å². The van der Waals surface area contributed by atoms with E-state index in [1.807, 2.05) is 20.8 Å². The van der Waals surface area contributed by atoms with Crippen LogP contribution in [0, 0.1) is 39.8 Å². The third-order valence-corrected chi connectivity index (χ3v) is 7.73. The Kier molecular flexibility index (Phi) is 6.27. The second-order valence-electron chi connectivity index (χ2n) is 11.5. The lowest BCUT2D eigenvalue weighted by Gasteiger charge is -2.37. The molecule has 1 aliphatic heterocycles. The number of carbonyl (C=O) groups is 3. The molecule has 9 heteroatoms. The van der Waals surface area contributed by atoms with Crippen molar-refractivity contribution in [3.63, 3.8) is 0 Å². The largest absolute Gasteiger partial charge is 0.344 e. The molecule has 0 spiro atoms. The number of halogens is 1. The highest BCUT2D eigenvalue weighted by Gasteiger charge is 2.69. The first-order chi connectivity index (χ1) is 16.8. The van der Waals surface area contributed by atoms with Gasteiger partial charge in [-0.25, -0.2) is 4.39 Å². The lowest BCUT2D eigenvalue weighted by atomic mass is 9.85. The number of piperidine rings is 1. The van der Waals surface area contributed by atoms with Crippen LogP contribution in [-0.2, 0) is 14.4 Å². The van der Waals surface area contributed by atoms with Gasteiger partial charge in [0, 0.05) is 36.8 Å². The highest BCUT2D eigenvalue weighted by molar-refractivity contribution is 5.94. The van der Waals surface area contributed by atoms with Crippen molar-refractivity contribution in [2.24, 2.45) is 22.7 Å². The Bertz CT molecular complexity index is 1280. The molecule has 1 aromatic heterocycles. The molecule has 2 N–H and O–H groups in total. The van der Waals surface area contributed by atoms with Crippen LogP contribution in [0.1, 0.15) is 53.1 Å². The van der Waals surface area contributed by atoms with Gasteiger partial charge in [0.1, 0.15) is 23.9 Å². The fourth-order valence-electron chi connectivity index (χ4n) is 5.65. The molecule has 2 heterocycles. The molecular formula is C27H32FN5O3. The Hall–Kier alpha value is -3.54. The van der Waals surface area contributed by atoms with Crippen molar-refractivity contribution >= 4 is 28.5 Å². The van der Waals surface area contributed by atoms with E-state index >= 15 is 0 Å². The van der Waals surface area contributed by atoms with Crippen LogP contribution >= 0.6 is 0 Å². The molecule has 1 saturated heterocycles. The number of nitriles is 1. The number of carbonyl (C=O) groups excluding carboxylic acids is 3.